The number of imidazole rings is 1. The maximum atomic E-state index is 13.1. The zero-order valence-corrected chi connectivity index (χ0v) is 23.8. The van der Waals surface area contributed by atoms with Gasteiger partial charge in [0.2, 0.25) is 0 Å². The molecule has 6 rings (SSSR count). The number of hydrogen-bond donors (Lipinski definition) is 2. The fourth-order valence-corrected chi connectivity index (χ4v) is 6.16. The number of nitrogen functional groups attached to an aromatic ring is 1. The van der Waals surface area contributed by atoms with Crippen LogP contribution in [0.15, 0.2) is 42.7 Å². The van der Waals surface area contributed by atoms with E-state index in [1.165, 1.54) is 18.3 Å². The van der Waals surface area contributed by atoms with Crippen molar-refractivity contribution in [1.29, 1.82) is 0 Å². The minimum Gasteiger partial charge on any atom is -0.493 e. The van der Waals surface area contributed by atoms with E-state index in [1.54, 1.807) is 17.4 Å². The molecule has 1 aliphatic carbocycles. The highest BCUT2D eigenvalue weighted by molar-refractivity contribution is 6.30. The highest BCUT2D eigenvalue weighted by atomic mass is 35.5. The number of carbonyl (C=O) groups is 2. The molecule has 0 radical (unpaired) electrons. The first-order valence-corrected chi connectivity index (χ1v) is 14.0. The SMILES string of the molecule is CCOc1cc(C(=O)Nc2cc(C(F)(F)F)ccn2)ccc1-c1nc([C@@H]2CC[C@@]3(C2)C(=O)OC3C)n2c(Cl)cnc(N)c12. The van der Waals surface area contributed by atoms with Crippen LogP contribution in [0, 0.1) is 5.41 Å². The number of rotatable bonds is 6. The van der Waals surface area contributed by atoms with Gasteiger partial charge in [0.05, 0.1) is 18.4 Å². The third-order valence-electron chi connectivity index (χ3n) is 8.18. The summed E-state index contributed by atoms with van der Waals surface area (Å²) in [6, 6.07) is 6.16. The van der Waals surface area contributed by atoms with Crippen LogP contribution in [0.5, 0.6) is 5.75 Å². The van der Waals surface area contributed by atoms with Crippen LogP contribution in [0.2, 0.25) is 5.15 Å². The summed E-state index contributed by atoms with van der Waals surface area (Å²) in [5, 5.41) is 2.68. The van der Waals surface area contributed by atoms with Crippen molar-refractivity contribution in [2.45, 2.75) is 51.3 Å². The van der Waals surface area contributed by atoms with E-state index in [9.17, 15) is 22.8 Å². The minimum absolute atomic E-state index is 0.114. The van der Waals surface area contributed by atoms with E-state index in [0.29, 0.717) is 41.9 Å². The Hall–Kier alpha value is -4.39. The lowest BCUT2D eigenvalue weighted by atomic mass is 9.76. The van der Waals surface area contributed by atoms with Crippen LogP contribution in [-0.4, -0.2) is 43.9 Å². The van der Waals surface area contributed by atoms with Gasteiger partial charge in [0.1, 0.15) is 51.1 Å². The number of nitrogens with zero attached hydrogens (tertiary/aromatic N) is 4. The number of pyridine rings is 1. The van der Waals surface area contributed by atoms with Gasteiger partial charge in [-0.05, 0) is 63.4 Å². The molecule has 4 heterocycles. The Labute approximate surface area is 248 Å². The predicted octanol–water partition coefficient (Wildman–Crippen LogP) is 5.90. The largest absolute Gasteiger partial charge is 0.493 e. The summed E-state index contributed by atoms with van der Waals surface area (Å²) in [7, 11) is 0. The average molecular weight is 615 g/mol. The Bertz CT molecular complexity index is 1780. The Morgan fingerprint density at radius 1 is 1.28 bits per heavy atom. The van der Waals surface area contributed by atoms with Crippen molar-refractivity contribution < 1.29 is 32.2 Å². The first-order chi connectivity index (χ1) is 20.4. The molecule has 1 saturated carbocycles. The molecular weight excluding hydrogens is 589 g/mol. The fraction of sp³-hybridized carbons (Fsp3) is 0.345. The number of benzene rings is 1. The number of ether oxygens (including phenoxy) is 2. The number of hydrogen-bond acceptors (Lipinski definition) is 8. The highest BCUT2D eigenvalue weighted by Gasteiger charge is 2.59. The quantitative estimate of drug-likeness (QED) is 0.257. The molecule has 3 atom stereocenters. The predicted molar refractivity (Wildman–Crippen MR) is 151 cm³/mol. The van der Waals surface area contributed by atoms with Gasteiger partial charge < -0.3 is 20.5 Å². The summed E-state index contributed by atoms with van der Waals surface area (Å²) in [5.74, 6) is -0.178. The highest BCUT2D eigenvalue weighted by Crippen LogP contribution is 2.55. The monoisotopic (exact) mass is 614 g/mol. The number of anilines is 2. The zero-order valence-electron chi connectivity index (χ0n) is 23.0. The second-order valence-electron chi connectivity index (χ2n) is 10.6. The van der Waals surface area contributed by atoms with E-state index >= 15 is 0 Å². The third kappa shape index (κ3) is 4.81. The molecule has 2 aliphatic rings. The van der Waals surface area contributed by atoms with Gasteiger partial charge in [-0.2, -0.15) is 13.2 Å². The molecule has 2 fully saturated rings. The van der Waals surface area contributed by atoms with Gasteiger partial charge >= 0.3 is 12.1 Å². The third-order valence-corrected chi connectivity index (χ3v) is 8.45. The summed E-state index contributed by atoms with van der Waals surface area (Å²) < 4.78 is 52.3. The normalized spacial score (nSPS) is 21.6. The summed E-state index contributed by atoms with van der Waals surface area (Å²) in [4.78, 5) is 38.5. The lowest BCUT2D eigenvalue weighted by Crippen LogP contribution is -2.53. The van der Waals surface area contributed by atoms with Gasteiger partial charge in [0.15, 0.2) is 0 Å². The summed E-state index contributed by atoms with van der Waals surface area (Å²) >= 11 is 6.63. The molecule has 1 aromatic carbocycles. The second kappa shape index (κ2) is 10.4. The molecule has 43 heavy (non-hydrogen) atoms. The van der Waals surface area contributed by atoms with Crippen LogP contribution in [0.1, 0.15) is 60.8 Å². The number of fused-ring (bicyclic) bond motifs is 1. The van der Waals surface area contributed by atoms with Crippen molar-refractivity contribution in [3.05, 3.63) is 64.8 Å². The van der Waals surface area contributed by atoms with Crippen LogP contribution in [0.3, 0.4) is 0 Å². The molecule has 1 spiro atoms. The maximum absolute atomic E-state index is 13.1. The molecule has 4 aromatic rings. The van der Waals surface area contributed by atoms with Gasteiger partial charge in [-0.3, -0.25) is 14.0 Å². The fourth-order valence-electron chi connectivity index (χ4n) is 5.94. The van der Waals surface area contributed by atoms with Crippen LogP contribution in [-0.2, 0) is 15.7 Å². The van der Waals surface area contributed by atoms with E-state index in [4.69, 9.17) is 31.8 Å². The number of nitrogens with one attached hydrogen (secondary N) is 1. The van der Waals surface area contributed by atoms with Crippen LogP contribution < -0.4 is 15.8 Å². The molecule has 3 aromatic heterocycles. The van der Waals surface area contributed by atoms with Crippen LogP contribution in [0.4, 0.5) is 24.8 Å². The molecule has 1 unspecified atom stereocenters. The number of cyclic esters (lactones) is 1. The maximum Gasteiger partial charge on any atom is 0.416 e. The smallest absolute Gasteiger partial charge is 0.416 e. The molecule has 0 bridgehead atoms. The molecule has 1 saturated heterocycles. The number of amides is 1. The van der Waals surface area contributed by atoms with Gasteiger partial charge in [-0.15, -0.1) is 0 Å². The number of halogens is 4. The topological polar surface area (TPSA) is 134 Å². The molecule has 14 heteroatoms. The first-order valence-electron chi connectivity index (χ1n) is 13.6. The minimum atomic E-state index is -4.59. The summed E-state index contributed by atoms with van der Waals surface area (Å²) in [6.45, 7) is 3.90. The van der Waals surface area contributed by atoms with Crippen molar-refractivity contribution in [2.75, 3.05) is 17.7 Å². The average Bonchev–Trinajstić information content (AvgIpc) is 3.61. The first kappa shape index (κ1) is 28.7. The molecule has 224 valence electrons. The van der Waals surface area contributed by atoms with Gasteiger partial charge in [0, 0.05) is 23.2 Å². The van der Waals surface area contributed by atoms with Gasteiger partial charge in [0.25, 0.3) is 5.91 Å². The number of esters is 1. The van der Waals surface area contributed by atoms with Gasteiger partial charge in [-0.25, -0.2) is 15.0 Å². The van der Waals surface area contributed by atoms with Crippen LogP contribution >= 0.6 is 11.6 Å². The number of aromatic nitrogens is 4. The van der Waals surface area contributed by atoms with E-state index in [1.807, 2.05) is 6.92 Å². The second-order valence-corrected chi connectivity index (χ2v) is 11.0. The Morgan fingerprint density at radius 2 is 2.07 bits per heavy atom. The van der Waals surface area contributed by atoms with E-state index in [2.05, 4.69) is 15.3 Å². The van der Waals surface area contributed by atoms with E-state index in [-0.39, 0.29) is 52.7 Å². The van der Waals surface area contributed by atoms with E-state index in [0.717, 1.165) is 18.3 Å². The van der Waals surface area contributed by atoms with Crippen LogP contribution in [0.25, 0.3) is 16.8 Å². The standard InChI is InChI=1S/C29H26ClF3N6O4/c1-3-42-19-10-15(26(40)37-21-11-17(7-9-35-21)29(31,32)33)4-5-18(19)22-23-24(34)36-13-20(30)39(23)25(38-22)16-6-8-28(12-16)14(2)43-27(28)41/h4-5,7,9-11,13-14,16H,3,6,8,12H2,1-2H3,(H2,34,36)(H,35,37,40)/t14?,16-,28+/m1/s1. The van der Waals surface area contributed by atoms with Crippen molar-refractivity contribution in [1.82, 2.24) is 19.4 Å². The molecule has 1 amide bonds. The van der Waals surface area contributed by atoms with Crippen molar-refractivity contribution in [3.8, 4) is 17.0 Å². The van der Waals surface area contributed by atoms with Gasteiger partial charge in [-0.1, -0.05) is 11.6 Å². The summed E-state index contributed by atoms with van der Waals surface area (Å²) in [5.41, 5.74) is 6.33. The Kier molecular flexibility index (Phi) is 6.95. The van der Waals surface area contributed by atoms with Crippen molar-refractivity contribution in [2.24, 2.45) is 5.41 Å². The summed E-state index contributed by atoms with van der Waals surface area (Å²) in [6.07, 6.45) is -0.470. The van der Waals surface area contributed by atoms with Crippen molar-refractivity contribution >= 4 is 40.6 Å². The lowest BCUT2D eigenvalue weighted by Gasteiger charge is -2.42. The molecule has 10 nitrogen and oxygen atoms in total. The number of nitrogens with two attached hydrogens (primary N) is 1. The molecular formula is C29H26ClF3N6O4. The zero-order chi connectivity index (χ0) is 30.7. The van der Waals surface area contributed by atoms with Crippen molar-refractivity contribution in [3.63, 3.8) is 0 Å². The number of alkyl halides is 3. The number of carbonyl (C=O) groups excluding carboxylic acids is 2. The molecule has 1 aliphatic heterocycles. The Morgan fingerprint density at radius 3 is 2.74 bits per heavy atom. The molecule has 3 N–H and O–H groups in total. The lowest BCUT2D eigenvalue weighted by molar-refractivity contribution is -0.203. The Balaban J connectivity index is 1.39. The van der Waals surface area contributed by atoms with E-state index < -0.39 is 23.1 Å².